The van der Waals surface area contributed by atoms with Gasteiger partial charge in [-0.2, -0.15) is 0 Å². The second-order valence-electron chi connectivity index (χ2n) is 6.31. The summed E-state index contributed by atoms with van der Waals surface area (Å²) >= 11 is 0. The predicted octanol–water partition coefficient (Wildman–Crippen LogP) is 2.13. The van der Waals surface area contributed by atoms with Crippen molar-refractivity contribution in [3.05, 3.63) is 29.8 Å². The molecule has 2 rings (SSSR count). The summed E-state index contributed by atoms with van der Waals surface area (Å²) in [5.41, 5.74) is 0.526. The Labute approximate surface area is 161 Å². The minimum atomic E-state index is -0.169. The van der Waals surface area contributed by atoms with Gasteiger partial charge in [-0.3, -0.25) is 9.59 Å². The van der Waals surface area contributed by atoms with Gasteiger partial charge in [0.25, 0.3) is 5.91 Å². The number of rotatable bonds is 9. The molecule has 0 spiro atoms. The normalized spacial score (nSPS) is 16.3. The number of benzene rings is 1. The van der Waals surface area contributed by atoms with E-state index < -0.39 is 0 Å². The average molecular weight is 384 g/mol. The number of halogens is 1. The number of amides is 2. The summed E-state index contributed by atoms with van der Waals surface area (Å²) in [6.07, 6.45) is 3.39. The quantitative estimate of drug-likeness (QED) is 0.571. The van der Waals surface area contributed by atoms with Crippen LogP contribution >= 0.6 is 12.4 Å². The van der Waals surface area contributed by atoms with Crippen molar-refractivity contribution in [1.29, 1.82) is 0 Å². The minimum absolute atomic E-state index is 0. The third-order valence-electron chi connectivity index (χ3n) is 4.28. The number of hydrogen-bond acceptors (Lipinski definition) is 4. The predicted molar refractivity (Wildman–Crippen MR) is 105 cm³/mol. The highest BCUT2D eigenvalue weighted by molar-refractivity contribution is 5.96. The molecule has 1 heterocycles. The van der Waals surface area contributed by atoms with Gasteiger partial charge in [0.15, 0.2) is 0 Å². The van der Waals surface area contributed by atoms with Crippen LogP contribution in [0.2, 0.25) is 0 Å². The van der Waals surface area contributed by atoms with E-state index in [0.29, 0.717) is 43.2 Å². The summed E-state index contributed by atoms with van der Waals surface area (Å²) in [6, 6.07) is 7.18. The molecule has 7 heteroatoms. The van der Waals surface area contributed by atoms with Crippen LogP contribution < -0.4 is 20.7 Å². The maximum absolute atomic E-state index is 12.2. The van der Waals surface area contributed by atoms with Crippen LogP contribution in [-0.4, -0.2) is 44.6 Å². The Morgan fingerprint density at radius 3 is 2.81 bits per heavy atom. The number of carbonyl (C=O) groups is 2. The van der Waals surface area contributed by atoms with Crippen LogP contribution in [0.15, 0.2) is 24.3 Å². The second kappa shape index (κ2) is 12.5. The molecule has 1 atom stereocenters. The van der Waals surface area contributed by atoms with Gasteiger partial charge in [0.2, 0.25) is 5.91 Å². The lowest BCUT2D eigenvalue weighted by Crippen LogP contribution is -2.38. The lowest BCUT2D eigenvalue weighted by molar-refractivity contribution is -0.121. The molecule has 0 bridgehead atoms. The second-order valence-corrected chi connectivity index (χ2v) is 6.31. The Kier molecular flexibility index (Phi) is 10.7. The lowest BCUT2D eigenvalue weighted by atomic mass is 10.00. The van der Waals surface area contributed by atoms with Gasteiger partial charge in [0.05, 0.1) is 12.2 Å². The minimum Gasteiger partial charge on any atom is -0.493 e. The molecule has 26 heavy (non-hydrogen) atoms. The van der Waals surface area contributed by atoms with Gasteiger partial charge in [0.1, 0.15) is 5.75 Å². The van der Waals surface area contributed by atoms with Crippen molar-refractivity contribution >= 4 is 24.2 Å². The molecule has 1 aliphatic heterocycles. The summed E-state index contributed by atoms with van der Waals surface area (Å²) in [4.78, 5) is 24.1. The summed E-state index contributed by atoms with van der Waals surface area (Å²) in [6.45, 7) is 5.67. The molecular formula is C19H30ClN3O3. The first kappa shape index (κ1) is 22.3. The van der Waals surface area contributed by atoms with Gasteiger partial charge in [-0.15, -0.1) is 12.4 Å². The monoisotopic (exact) mass is 383 g/mol. The number of ether oxygens (including phenoxy) is 1. The first-order valence-corrected chi connectivity index (χ1v) is 9.18. The fraction of sp³-hybridized carbons (Fsp3) is 0.579. The number of carbonyl (C=O) groups excluding carboxylic acids is 2. The summed E-state index contributed by atoms with van der Waals surface area (Å²) in [5.74, 6) is 1.00. The van der Waals surface area contributed by atoms with E-state index >= 15 is 0 Å². The molecule has 3 N–H and O–H groups in total. The molecule has 6 nitrogen and oxygen atoms in total. The van der Waals surface area contributed by atoms with Gasteiger partial charge >= 0.3 is 0 Å². The van der Waals surface area contributed by atoms with Crippen LogP contribution in [0.1, 0.15) is 43.0 Å². The summed E-state index contributed by atoms with van der Waals surface area (Å²) < 4.78 is 5.46. The van der Waals surface area contributed by atoms with Crippen molar-refractivity contribution in [2.45, 2.75) is 32.6 Å². The third kappa shape index (κ3) is 7.62. The molecule has 146 valence electrons. The van der Waals surface area contributed by atoms with Crippen molar-refractivity contribution in [2.75, 3.05) is 32.8 Å². The van der Waals surface area contributed by atoms with Gasteiger partial charge < -0.3 is 20.7 Å². The van der Waals surface area contributed by atoms with E-state index in [0.717, 1.165) is 19.6 Å². The molecule has 1 aliphatic rings. The van der Waals surface area contributed by atoms with E-state index in [2.05, 4.69) is 16.0 Å². The molecule has 1 saturated heterocycles. The molecule has 1 aromatic carbocycles. The molecule has 2 amide bonds. The SMILES string of the molecule is CCOc1ccccc1C(=O)NCCCC(=O)NCC1CCCNC1.Cl. The molecular weight excluding hydrogens is 354 g/mol. The topological polar surface area (TPSA) is 79.5 Å². The Morgan fingerprint density at radius 2 is 2.08 bits per heavy atom. The molecule has 0 radical (unpaired) electrons. The first-order valence-electron chi connectivity index (χ1n) is 9.18. The van der Waals surface area contributed by atoms with Gasteiger partial charge in [-0.25, -0.2) is 0 Å². The van der Waals surface area contributed by atoms with E-state index in [1.807, 2.05) is 19.1 Å². The third-order valence-corrected chi connectivity index (χ3v) is 4.28. The zero-order valence-electron chi connectivity index (χ0n) is 15.4. The van der Waals surface area contributed by atoms with Gasteiger partial charge in [-0.1, -0.05) is 12.1 Å². The molecule has 0 aliphatic carbocycles. The van der Waals surface area contributed by atoms with Crippen LogP contribution in [0.3, 0.4) is 0 Å². The van der Waals surface area contributed by atoms with Crippen LogP contribution in [0.4, 0.5) is 0 Å². The van der Waals surface area contributed by atoms with E-state index in [-0.39, 0.29) is 24.2 Å². The maximum Gasteiger partial charge on any atom is 0.255 e. The smallest absolute Gasteiger partial charge is 0.255 e. The Morgan fingerprint density at radius 1 is 1.27 bits per heavy atom. The number of hydrogen-bond donors (Lipinski definition) is 3. The summed E-state index contributed by atoms with van der Waals surface area (Å²) in [5, 5.41) is 9.18. The van der Waals surface area contributed by atoms with E-state index in [9.17, 15) is 9.59 Å². The van der Waals surface area contributed by atoms with Crippen molar-refractivity contribution in [1.82, 2.24) is 16.0 Å². The lowest BCUT2D eigenvalue weighted by Gasteiger charge is -2.22. The standard InChI is InChI=1S/C19H29N3O3.ClH/c1-2-25-17-9-4-3-8-16(17)19(24)21-12-6-10-18(23)22-14-15-7-5-11-20-13-15;/h3-4,8-9,15,20H,2,5-7,10-14H2,1H3,(H,21,24)(H,22,23);1H. The van der Waals surface area contributed by atoms with Crippen molar-refractivity contribution in [3.63, 3.8) is 0 Å². The summed E-state index contributed by atoms with van der Waals surface area (Å²) in [7, 11) is 0. The number of nitrogens with one attached hydrogen (secondary N) is 3. The molecule has 1 unspecified atom stereocenters. The van der Waals surface area contributed by atoms with Crippen LogP contribution in [-0.2, 0) is 4.79 Å². The van der Waals surface area contributed by atoms with E-state index in [1.165, 1.54) is 12.8 Å². The first-order chi connectivity index (χ1) is 12.2. The highest BCUT2D eigenvalue weighted by Crippen LogP contribution is 2.17. The van der Waals surface area contributed by atoms with Gasteiger partial charge in [-0.05, 0) is 57.3 Å². The largest absolute Gasteiger partial charge is 0.493 e. The number of para-hydroxylation sites is 1. The average Bonchev–Trinajstić information content (AvgIpc) is 2.65. The fourth-order valence-corrected chi connectivity index (χ4v) is 2.93. The molecule has 0 aromatic heterocycles. The van der Waals surface area contributed by atoms with Crippen LogP contribution in [0.25, 0.3) is 0 Å². The Bertz CT molecular complexity index is 563. The van der Waals surface area contributed by atoms with Crippen LogP contribution in [0.5, 0.6) is 5.75 Å². The number of piperidine rings is 1. The highest BCUT2D eigenvalue weighted by atomic mass is 35.5. The fourth-order valence-electron chi connectivity index (χ4n) is 2.93. The van der Waals surface area contributed by atoms with Gasteiger partial charge in [0, 0.05) is 19.5 Å². The van der Waals surface area contributed by atoms with Crippen LogP contribution in [0, 0.1) is 5.92 Å². The molecule has 1 fully saturated rings. The Balaban J connectivity index is 0.00000338. The van der Waals surface area contributed by atoms with Crippen molar-refractivity contribution in [2.24, 2.45) is 5.92 Å². The van der Waals surface area contributed by atoms with Crippen molar-refractivity contribution < 1.29 is 14.3 Å². The zero-order chi connectivity index (χ0) is 17.9. The van der Waals surface area contributed by atoms with E-state index in [1.54, 1.807) is 12.1 Å². The maximum atomic E-state index is 12.2. The molecule has 1 aromatic rings. The zero-order valence-corrected chi connectivity index (χ0v) is 16.2. The van der Waals surface area contributed by atoms with E-state index in [4.69, 9.17) is 4.74 Å². The Hall–Kier alpha value is -1.79. The molecule has 0 saturated carbocycles. The van der Waals surface area contributed by atoms with Crippen molar-refractivity contribution in [3.8, 4) is 5.75 Å². The highest BCUT2D eigenvalue weighted by Gasteiger charge is 2.14.